The smallest absolute Gasteiger partial charge is 0.248 e. The van der Waals surface area contributed by atoms with Crippen molar-refractivity contribution in [2.24, 2.45) is 23.7 Å². The van der Waals surface area contributed by atoms with Gasteiger partial charge in [-0.1, -0.05) is 65.3 Å². The first kappa shape index (κ1) is 21.1. The van der Waals surface area contributed by atoms with Gasteiger partial charge in [-0.25, -0.2) is 0 Å². The van der Waals surface area contributed by atoms with Crippen molar-refractivity contribution in [2.45, 2.75) is 32.2 Å². The molecular weight excluding hydrogens is 468 g/mol. The van der Waals surface area contributed by atoms with Gasteiger partial charge >= 0.3 is 0 Å². The molecule has 32 heavy (non-hydrogen) atoms. The number of benzene rings is 2. The predicted molar refractivity (Wildman–Crippen MR) is 126 cm³/mol. The van der Waals surface area contributed by atoms with Crippen molar-refractivity contribution < 1.29 is 14.4 Å². The molecule has 164 valence electrons. The van der Waals surface area contributed by atoms with Crippen molar-refractivity contribution in [2.75, 3.05) is 5.32 Å². The van der Waals surface area contributed by atoms with Gasteiger partial charge in [0.2, 0.25) is 17.7 Å². The van der Waals surface area contributed by atoms with Crippen LogP contribution in [0, 0.1) is 23.7 Å². The lowest BCUT2D eigenvalue weighted by Gasteiger charge is -2.27. The number of carbonyl (C=O) groups is 3. The molecule has 2 aromatic rings. The summed E-state index contributed by atoms with van der Waals surface area (Å²) in [5, 5.41) is 3.01. The number of halogens is 1. The monoisotopic (exact) mass is 492 g/mol. The first-order chi connectivity index (χ1) is 15.5. The molecule has 0 radical (unpaired) electrons. The van der Waals surface area contributed by atoms with E-state index in [-0.39, 0.29) is 41.4 Å². The molecule has 3 aliphatic rings. The third kappa shape index (κ3) is 3.51. The Labute approximate surface area is 196 Å². The largest absolute Gasteiger partial charge is 0.324 e. The molecular formula is C26H25BrN2O3. The van der Waals surface area contributed by atoms with Gasteiger partial charge in [0, 0.05) is 16.6 Å². The Balaban J connectivity index is 1.47. The molecule has 5 atom stereocenters. The van der Waals surface area contributed by atoms with Crippen LogP contribution < -0.4 is 5.32 Å². The molecule has 2 bridgehead atoms. The summed E-state index contributed by atoms with van der Waals surface area (Å²) >= 11 is 3.47. The number of anilines is 1. The third-order valence-electron chi connectivity index (χ3n) is 7.10. The van der Waals surface area contributed by atoms with E-state index in [1.165, 1.54) is 4.90 Å². The first-order valence-corrected chi connectivity index (χ1v) is 12.0. The van der Waals surface area contributed by atoms with Crippen molar-refractivity contribution in [3.05, 3.63) is 76.3 Å². The highest BCUT2D eigenvalue weighted by atomic mass is 79.9. The minimum absolute atomic E-state index is 0.116. The summed E-state index contributed by atoms with van der Waals surface area (Å²) in [6.07, 6.45) is 6.06. The average Bonchev–Trinajstić information content (AvgIpc) is 3.48. The van der Waals surface area contributed by atoms with Gasteiger partial charge in [-0.15, -0.1) is 0 Å². The molecule has 1 saturated carbocycles. The number of nitrogens with zero attached hydrogens (tertiary/aromatic N) is 1. The Morgan fingerprint density at radius 1 is 1.06 bits per heavy atom. The van der Waals surface area contributed by atoms with E-state index < -0.39 is 6.04 Å². The lowest BCUT2D eigenvalue weighted by atomic mass is 9.85. The molecule has 5 nitrogen and oxygen atoms in total. The SMILES string of the molecule is CCc1cc(Br)ccc1NC(=O)[C@H](Cc1ccccc1)N1C(=O)[C@@H]2[C@@H](C1=O)[C@H]1C=C[C@H]2C1. The normalized spacial score (nSPS) is 26.5. The fourth-order valence-electron chi connectivity index (χ4n) is 5.56. The molecule has 0 unspecified atom stereocenters. The predicted octanol–water partition coefficient (Wildman–Crippen LogP) is 4.37. The Morgan fingerprint density at radius 3 is 2.34 bits per heavy atom. The van der Waals surface area contributed by atoms with Crippen LogP contribution in [0.25, 0.3) is 0 Å². The number of amides is 3. The molecule has 0 aromatic heterocycles. The summed E-state index contributed by atoms with van der Waals surface area (Å²) in [4.78, 5) is 41.7. The molecule has 1 heterocycles. The van der Waals surface area contributed by atoms with E-state index in [9.17, 15) is 14.4 Å². The summed E-state index contributed by atoms with van der Waals surface area (Å²) in [6, 6.07) is 14.4. The number of nitrogens with one attached hydrogen (secondary N) is 1. The van der Waals surface area contributed by atoms with Crippen molar-refractivity contribution >= 4 is 39.3 Å². The highest BCUT2D eigenvalue weighted by Gasteiger charge is 2.61. The molecule has 2 aromatic carbocycles. The molecule has 1 aliphatic heterocycles. The molecule has 3 amide bonds. The highest BCUT2D eigenvalue weighted by Crippen LogP contribution is 2.53. The van der Waals surface area contributed by atoms with E-state index in [1.54, 1.807) is 0 Å². The molecule has 5 rings (SSSR count). The van der Waals surface area contributed by atoms with Crippen molar-refractivity contribution in [1.29, 1.82) is 0 Å². The number of hydrogen-bond acceptors (Lipinski definition) is 3. The van der Waals surface area contributed by atoms with Crippen molar-refractivity contribution in [3.8, 4) is 0 Å². The second-order valence-electron chi connectivity index (χ2n) is 8.90. The van der Waals surface area contributed by atoms with E-state index in [4.69, 9.17) is 0 Å². The van der Waals surface area contributed by atoms with Gasteiger partial charge < -0.3 is 5.32 Å². The van der Waals surface area contributed by atoms with Gasteiger partial charge in [-0.05, 0) is 54.0 Å². The van der Waals surface area contributed by atoms with E-state index in [2.05, 4.69) is 33.4 Å². The molecule has 2 fully saturated rings. The number of fused-ring (bicyclic) bond motifs is 5. The van der Waals surface area contributed by atoms with E-state index in [0.717, 1.165) is 28.4 Å². The second-order valence-corrected chi connectivity index (χ2v) is 9.81. The van der Waals surface area contributed by atoms with Gasteiger partial charge in [0.15, 0.2) is 0 Å². The van der Waals surface area contributed by atoms with Crippen LogP contribution in [0.1, 0.15) is 24.5 Å². The Bertz CT molecular complexity index is 1080. The fraction of sp³-hybridized carbons (Fsp3) is 0.346. The van der Waals surface area contributed by atoms with Gasteiger partial charge in [-0.2, -0.15) is 0 Å². The van der Waals surface area contributed by atoms with Crippen LogP contribution in [0.5, 0.6) is 0 Å². The summed E-state index contributed by atoms with van der Waals surface area (Å²) < 4.78 is 0.939. The zero-order valence-electron chi connectivity index (χ0n) is 17.8. The molecule has 2 aliphatic carbocycles. The van der Waals surface area contributed by atoms with E-state index in [1.807, 2.05) is 55.5 Å². The molecule has 1 N–H and O–H groups in total. The Kier molecular flexibility index (Phi) is 5.49. The van der Waals surface area contributed by atoms with Gasteiger partial charge in [-0.3, -0.25) is 19.3 Å². The van der Waals surface area contributed by atoms with Crippen molar-refractivity contribution in [1.82, 2.24) is 4.90 Å². The lowest BCUT2D eigenvalue weighted by molar-refractivity contribution is -0.147. The van der Waals surface area contributed by atoms with Crippen LogP contribution in [-0.2, 0) is 27.2 Å². The molecule has 1 saturated heterocycles. The zero-order chi connectivity index (χ0) is 22.4. The number of aryl methyl sites for hydroxylation is 1. The van der Waals surface area contributed by atoms with Crippen LogP contribution >= 0.6 is 15.9 Å². The summed E-state index contributed by atoms with van der Waals surface area (Å²) in [5.41, 5.74) is 2.61. The maximum Gasteiger partial charge on any atom is 0.248 e. The topological polar surface area (TPSA) is 66.5 Å². The van der Waals surface area contributed by atoms with Crippen LogP contribution in [0.3, 0.4) is 0 Å². The van der Waals surface area contributed by atoms with Crippen LogP contribution in [0.15, 0.2) is 65.2 Å². The van der Waals surface area contributed by atoms with Crippen molar-refractivity contribution in [3.63, 3.8) is 0 Å². The fourth-order valence-corrected chi connectivity index (χ4v) is 5.97. The maximum absolute atomic E-state index is 13.6. The van der Waals surface area contributed by atoms with Gasteiger partial charge in [0.1, 0.15) is 6.04 Å². The standard InChI is InChI=1S/C26H25BrN2O3/c1-2-16-14-19(27)10-11-20(16)28-24(30)21(12-15-6-4-3-5-7-15)29-25(31)22-17-8-9-18(13-17)23(22)26(29)32/h3-11,14,17-18,21-23H,2,12-13H2,1H3,(H,28,30)/t17-,18-,21-,22-,23-/m0/s1. The summed E-state index contributed by atoms with van der Waals surface area (Å²) in [6.45, 7) is 2.02. The average molecular weight is 493 g/mol. The summed E-state index contributed by atoms with van der Waals surface area (Å²) in [5.74, 6) is -1.12. The Morgan fingerprint density at radius 2 is 1.72 bits per heavy atom. The number of carbonyl (C=O) groups excluding carboxylic acids is 3. The first-order valence-electron chi connectivity index (χ1n) is 11.2. The van der Waals surface area contributed by atoms with Crippen LogP contribution in [-0.4, -0.2) is 28.7 Å². The van der Waals surface area contributed by atoms with Crippen LogP contribution in [0.4, 0.5) is 5.69 Å². The highest BCUT2D eigenvalue weighted by molar-refractivity contribution is 9.10. The number of hydrogen-bond donors (Lipinski definition) is 1. The molecule has 0 spiro atoms. The quantitative estimate of drug-likeness (QED) is 0.480. The van der Waals surface area contributed by atoms with E-state index in [0.29, 0.717) is 12.1 Å². The van der Waals surface area contributed by atoms with Gasteiger partial charge in [0.25, 0.3) is 0 Å². The number of allylic oxidation sites excluding steroid dienone is 2. The maximum atomic E-state index is 13.6. The zero-order valence-corrected chi connectivity index (χ0v) is 19.4. The second kappa shape index (κ2) is 8.32. The summed E-state index contributed by atoms with van der Waals surface area (Å²) in [7, 11) is 0. The van der Waals surface area contributed by atoms with Crippen LogP contribution in [0.2, 0.25) is 0 Å². The number of likely N-dealkylation sites (tertiary alicyclic amines) is 1. The Hall–Kier alpha value is -2.73. The van der Waals surface area contributed by atoms with Gasteiger partial charge in [0.05, 0.1) is 11.8 Å². The number of imide groups is 1. The minimum atomic E-state index is -0.879. The lowest BCUT2D eigenvalue weighted by Crippen LogP contribution is -2.49. The molecule has 6 heteroatoms. The minimum Gasteiger partial charge on any atom is -0.324 e. The van der Waals surface area contributed by atoms with E-state index >= 15 is 0 Å². The number of rotatable bonds is 6. The third-order valence-corrected chi connectivity index (χ3v) is 7.59.